The van der Waals surface area contributed by atoms with Crippen LogP contribution in [0, 0.1) is 24.5 Å². The predicted octanol–water partition coefficient (Wildman–Crippen LogP) is 3.90. The van der Waals surface area contributed by atoms with Crippen molar-refractivity contribution in [3.63, 3.8) is 0 Å². The number of benzene rings is 2. The van der Waals surface area contributed by atoms with Crippen molar-refractivity contribution in [2.24, 2.45) is 5.92 Å². The Morgan fingerprint density at radius 2 is 1.67 bits per heavy atom. The van der Waals surface area contributed by atoms with Gasteiger partial charge in [-0.15, -0.1) is 0 Å². The molecule has 166 valence electrons. The van der Waals surface area contributed by atoms with E-state index in [1.807, 2.05) is 6.07 Å². The van der Waals surface area contributed by atoms with E-state index in [1.54, 1.807) is 30.6 Å². The van der Waals surface area contributed by atoms with E-state index >= 15 is 0 Å². The van der Waals surface area contributed by atoms with Crippen LogP contribution in [0.3, 0.4) is 0 Å². The van der Waals surface area contributed by atoms with E-state index in [1.165, 1.54) is 18.2 Å². The smallest absolute Gasteiger partial charge is 0.246 e. The molecule has 4 N–H and O–H groups in total. The number of hydrogen-bond donors (Lipinski definition) is 4. The van der Waals surface area contributed by atoms with Gasteiger partial charge in [-0.3, -0.25) is 10.0 Å². The SMILES string of the molecule is CO.Cc1cc(CNCCCC[C@@H](CCc2ccc(F)cc2)C(=O)NO)ccc1F. The van der Waals surface area contributed by atoms with Crippen LogP contribution in [0.1, 0.15) is 42.4 Å². The van der Waals surface area contributed by atoms with E-state index in [9.17, 15) is 13.6 Å². The van der Waals surface area contributed by atoms with Gasteiger partial charge in [-0.25, -0.2) is 14.3 Å². The Labute approximate surface area is 177 Å². The number of aliphatic hydroxyl groups is 1. The Hall–Kier alpha value is -2.35. The standard InChI is InChI=1S/C22H28F2N2O2.CH4O/c1-16-14-18(8-12-21(16)24)15-25-13-3-2-4-19(22(27)26-28)9-5-17-6-10-20(23)11-7-17;1-2/h6-8,10-12,14,19,25,28H,2-5,9,13,15H2,1H3,(H,26,27);2H,1H3/t19-;/m0./s1. The van der Waals surface area contributed by atoms with Crippen LogP contribution >= 0.6 is 0 Å². The van der Waals surface area contributed by atoms with Crippen molar-refractivity contribution in [3.8, 4) is 0 Å². The zero-order valence-electron chi connectivity index (χ0n) is 17.6. The number of carbonyl (C=O) groups is 1. The normalized spacial score (nSPS) is 11.4. The molecule has 30 heavy (non-hydrogen) atoms. The van der Waals surface area contributed by atoms with Crippen LogP contribution in [-0.4, -0.2) is 29.9 Å². The number of carbonyl (C=O) groups excluding carboxylic acids is 1. The number of rotatable bonds is 11. The summed E-state index contributed by atoms with van der Waals surface area (Å²) in [5.74, 6) is -1.14. The van der Waals surface area contributed by atoms with Crippen LogP contribution in [0.5, 0.6) is 0 Å². The van der Waals surface area contributed by atoms with E-state index in [-0.39, 0.29) is 23.5 Å². The average Bonchev–Trinajstić information content (AvgIpc) is 2.77. The summed E-state index contributed by atoms with van der Waals surface area (Å²) in [7, 11) is 1.00. The lowest BCUT2D eigenvalue weighted by atomic mass is 9.93. The molecule has 0 aliphatic carbocycles. The second kappa shape index (κ2) is 14.6. The van der Waals surface area contributed by atoms with Crippen molar-refractivity contribution in [1.29, 1.82) is 0 Å². The second-order valence-electron chi connectivity index (χ2n) is 7.09. The molecule has 0 aliphatic rings. The molecule has 0 saturated heterocycles. The number of unbranched alkanes of at least 4 members (excludes halogenated alkanes) is 1. The Balaban J connectivity index is 0.00000218. The zero-order chi connectivity index (χ0) is 22.4. The minimum absolute atomic E-state index is 0.197. The maximum Gasteiger partial charge on any atom is 0.246 e. The van der Waals surface area contributed by atoms with E-state index in [4.69, 9.17) is 10.3 Å². The molecule has 0 aromatic heterocycles. The van der Waals surface area contributed by atoms with Crippen LogP contribution in [-0.2, 0) is 17.8 Å². The van der Waals surface area contributed by atoms with Crippen LogP contribution in [0.4, 0.5) is 8.78 Å². The molecule has 0 radical (unpaired) electrons. The molecule has 7 heteroatoms. The molecular formula is C23H32F2N2O3. The van der Waals surface area contributed by atoms with Gasteiger partial charge in [0.25, 0.3) is 0 Å². The number of amides is 1. The third kappa shape index (κ3) is 9.43. The summed E-state index contributed by atoms with van der Waals surface area (Å²) in [6.45, 7) is 3.21. The van der Waals surface area contributed by atoms with Gasteiger partial charge in [0.05, 0.1) is 0 Å². The number of aryl methyl sites for hydroxylation is 2. The lowest BCUT2D eigenvalue weighted by Gasteiger charge is -2.15. The van der Waals surface area contributed by atoms with Crippen molar-refractivity contribution < 1.29 is 23.9 Å². The van der Waals surface area contributed by atoms with Gasteiger partial charge in [0.1, 0.15) is 11.6 Å². The summed E-state index contributed by atoms with van der Waals surface area (Å²) in [6.07, 6.45) is 3.66. The molecular weight excluding hydrogens is 390 g/mol. The third-order valence-electron chi connectivity index (χ3n) is 4.88. The summed E-state index contributed by atoms with van der Waals surface area (Å²) in [4.78, 5) is 11.9. The molecule has 0 heterocycles. The van der Waals surface area contributed by atoms with Gasteiger partial charge in [0, 0.05) is 19.6 Å². The number of hydroxylamine groups is 1. The van der Waals surface area contributed by atoms with Gasteiger partial charge in [-0.05, 0) is 74.0 Å². The summed E-state index contributed by atoms with van der Waals surface area (Å²) in [5.41, 5.74) is 4.39. The monoisotopic (exact) mass is 422 g/mol. The Kier molecular flexibility index (Phi) is 12.5. The van der Waals surface area contributed by atoms with Crippen LogP contribution in [0.15, 0.2) is 42.5 Å². The number of hydrogen-bond acceptors (Lipinski definition) is 4. The minimum atomic E-state index is -0.378. The molecule has 2 rings (SSSR count). The summed E-state index contributed by atoms with van der Waals surface area (Å²) >= 11 is 0. The van der Waals surface area contributed by atoms with Gasteiger partial charge < -0.3 is 10.4 Å². The highest BCUT2D eigenvalue weighted by atomic mass is 19.1. The molecule has 1 amide bonds. The predicted molar refractivity (Wildman–Crippen MR) is 113 cm³/mol. The first-order valence-electron chi connectivity index (χ1n) is 10.1. The van der Waals surface area contributed by atoms with Crippen molar-refractivity contribution in [1.82, 2.24) is 10.8 Å². The first-order chi connectivity index (χ1) is 14.5. The summed E-state index contributed by atoms with van der Waals surface area (Å²) in [6, 6.07) is 11.3. The zero-order valence-corrected chi connectivity index (χ0v) is 17.6. The average molecular weight is 423 g/mol. The van der Waals surface area contributed by atoms with Crippen molar-refractivity contribution in [3.05, 3.63) is 70.8 Å². The number of nitrogens with one attached hydrogen (secondary N) is 2. The fourth-order valence-corrected chi connectivity index (χ4v) is 3.18. The topological polar surface area (TPSA) is 81.6 Å². The second-order valence-corrected chi connectivity index (χ2v) is 7.09. The molecule has 0 bridgehead atoms. The van der Waals surface area contributed by atoms with Crippen molar-refractivity contribution in [2.75, 3.05) is 13.7 Å². The van der Waals surface area contributed by atoms with Gasteiger partial charge in [0.15, 0.2) is 0 Å². The Morgan fingerprint density at radius 3 is 2.30 bits per heavy atom. The lowest BCUT2D eigenvalue weighted by Crippen LogP contribution is -2.28. The van der Waals surface area contributed by atoms with Gasteiger partial charge in [-0.1, -0.05) is 30.7 Å². The molecule has 2 aromatic rings. The first-order valence-corrected chi connectivity index (χ1v) is 10.1. The highest BCUT2D eigenvalue weighted by molar-refractivity contribution is 5.77. The number of halogens is 2. The fraction of sp³-hybridized carbons (Fsp3) is 0.435. The minimum Gasteiger partial charge on any atom is -0.400 e. The van der Waals surface area contributed by atoms with Gasteiger partial charge >= 0.3 is 0 Å². The Morgan fingerprint density at radius 1 is 1.00 bits per heavy atom. The van der Waals surface area contributed by atoms with E-state index in [2.05, 4.69) is 5.32 Å². The van der Waals surface area contributed by atoms with Crippen molar-refractivity contribution >= 4 is 5.91 Å². The molecule has 5 nitrogen and oxygen atoms in total. The fourth-order valence-electron chi connectivity index (χ4n) is 3.18. The highest BCUT2D eigenvalue weighted by Gasteiger charge is 2.17. The molecule has 0 spiro atoms. The van der Waals surface area contributed by atoms with Crippen LogP contribution < -0.4 is 10.8 Å². The van der Waals surface area contributed by atoms with E-state index in [0.29, 0.717) is 31.4 Å². The van der Waals surface area contributed by atoms with Gasteiger partial charge in [-0.2, -0.15) is 0 Å². The third-order valence-corrected chi connectivity index (χ3v) is 4.88. The largest absolute Gasteiger partial charge is 0.400 e. The van der Waals surface area contributed by atoms with Gasteiger partial charge in [0.2, 0.25) is 5.91 Å². The quantitative estimate of drug-likeness (QED) is 0.252. The van der Waals surface area contributed by atoms with Crippen molar-refractivity contribution in [2.45, 2.75) is 45.6 Å². The lowest BCUT2D eigenvalue weighted by molar-refractivity contribution is -0.133. The molecule has 0 aliphatic heterocycles. The maximum atomic E-state index is 13.3. The molecule has 0 unspecified atom stereocenters. The van der Waals surface area contributed by atoms with E-state index < -0.39 is 0 Å². The number of aliphatic hydroxyl groups excluding tert-OH is 1. The highest BCUT2D eigenvalue weighted by Crippen LogP contribution is 2.17. The molecule has 1 atom stereocenters. The summed E-state index contributed by atoms with van der Waals surface area (Å²) < 4.78 is 26.2. The summed E-state index contributed by atoms with van der Waals surface area (Å²) in [5, 5.41) is 19.3. The van der Waals surface area contributed by atoms with Crippen LogP contribution in [0.2, 0.25) is 0 Å². The molecule has 0 fully saturated rings. The first kappa shape index (κ1) is 25.7. The molecule has 2 aromatic carbocycles. The van der Waals surface area contributed by atoms with E-state index in [0.717, 1.165) is 37.6 Å². The van der Waals surface area contributed by atoms with Crippen LogP contribution in [0.25, 0.3) is 0 Å². The Bertz CT molecular complexity index is 755. The maximum absolute atomic E-state index is 13.3. The molecule has 0 saturated carbocycles.